The quantitative estimate of drug-likeness (QED) is 0.758. The average Bonchev–Trinajstić information content (AvgIpc) is 2.84. The van der Waals surface area contributed by atoms with Gasteiger partial charge in [-0.2, -0.15) is 13.2 Å². The van der Waals surface area contributed by atoms with Gasteiger partial charge in [-0.25, -0.2) is 0 Å². The van der Waals surface area contributed by atoms with E-state index < -0.39 is 44.7 Å². The van der Waals surface area contributed by atoms with Crippen molar-refractivity contribution in [3.63, 3.8) is 0 Å². The molecule has 0 radical (unpaired) electrons. The molecule has 0 bridgehead atoms. The Hall–Kier alpha value is -2.38. The zero-order valence-electron chi connectivity index (χ0n) is 11.0. The predicted molar refractivity (Wildman–Crippen MR) is 65.1 cm³/mol. The number of anilines is 1. The van der Waals surface area contributed by atoms with Crippen LogP contribution in [0.25, 0.3) is 0 Å². The molecule has 0 aliphatic heterocycles. The molecule has 1 aromatic heterocycles. The topological polar surface area (TPSA) is 68.0 Å². The van der Waals surface area contributed by atoms with Gasteiger partial charge in [-0.05, 0) is 24.3 Å². The fraction of sp³-hybridized carbons (Fsp3) is 0.100. The minimum absolute atomic E-state index is 0.0224. The molecule has 0 saturated carbocycles. The van der Waals surface area contributed by atoms with Crippen LogP contribution in [0.1, 0.15) is 16.2 Å². The minimum Gasteiger partial charge on any atom is -0.399 e. The van der Waals surface area contributed by atoms with E-state index in [1.54, 1.807) is 5.32 Å². The molecule has 1 N–H and O–H groups in total. The first-order valence-corrected chi connectivity index (χ1v) is 7.57. The third kappa shape index (κ3) is 4.12. The summed E-state index contributed by atoms with van der Waals surface area (Å²) in [5, 5.41) is 7.15. The van der Waals surface area contributed by atoms with E-state index in [0.29, 0.717) is 12.1 Å². The molecule has 24 heavy (non-hydrogen) atoms. The summed E-state index contributed by atoms with van der Waals surface area (Å²) in [6.07, 6.45) is -4.96. The van der Waals surface area contributed by atoms with Gasteiger partial charge in [0.15, 0.2) is 0 Å². The first kappa shape index (κ1) is 18.0. The zero-order chi connectivity index (χ0) is 18.5. The normalized spacial score (nSPS) is 15.5. The lowest BCUT2D eigenvalue weighted by Crippen LogP contribution is -2.13. The fourth-order valence-electron chi connectivity index (χ4n) is 1.42. The van der Waals surface area contributed by atoms with Gasteiger partial charge < -0.3 is 4.42 Å². The molecular weight excluding hydrogens is 378 g/mol. The van der Waals surface area contributed by atoms with E-state index in [9.17, 15) is 37.4 Å². The van der Waals surface area contributed by atoms with Crippen molar-refractivity contribution in [3.05, 3.63) is 35.7 Å². The molecule has 0 fully saturated rings. The van der Waals surface area contributed by atoms with E-state index >= 15 is 0 Å². The van der Waals surface area contributed by atoms with Crippen molar-refractivity contribution >= 4 is 22.1 Å². The van der Waals surface area contributed by atoms with Gasteiger partial charge in [0.1, 0.15) is 4.90 Å². The molecule has 0 aliphatic rings. The van der Waals surface area contributed by atoms with E-state index in [-0.39, 0.29) is 12.1 Å². The van der Waals surface area contributed by atoms with Crippen molar-refractivity contribution in [3.8, 4) is 0 Å². The van der Waals surface area contributed by atoms with Crippen LogP contribution in [-0.2, 0) is 6.18 Å². The number of aromatic nitrogens is 2. The summed E-state index contributed by atoms with van der Waals surface area (Å²) in [6.45, 7) is 0. The maximum Gasteiger partial charge on any atom is 0.470 e. The number of nitrogens with one attached hydrogen (secondary N) is 1. The molecular formula is C10H5F8N3O2S. The number of hydrogen-bond donors (Lipinski definition) is 1. The Kier molecular flexibility index (Phi) is 3.43. The van der Waals surface area contributed by atoms with Gasteiger partial charge in [-0.15, -0.1) is 5.10 Å². The molecule has 0 atom stereocenters. The third-order valence-corrected chi connectivity index (χ3v) is 3.61. The summed E-state index contributed by atoms with van der Waals surface area (Å²) < 4.78 is 103. The lowest BCUT2D eigenvalue weighted by molar-refractivity contribution is -0.156. The van der Waals surface area contributed by atoms with Crippen LogP contribution >= 0.6 is 10.2 Å². The Bertz CT molecular complexity index is 781. The Labute approximate surface area is 127 Å². The maximum absolute atomic E-state index is 12.5. The lowest BCUT2D eigenvalue weighted by Gasteiger charge is -2.40. The second kappa shape index (κ2) is 4.58. The summed E-state index contributed by atoms with van der Waals surface area (Å²) >= 11 is 0. The second-order valence-corrected chi connectivity index (χ2v) is 6.77. The van der Waals surface area contributed by atoms with Crippen molar-refractivity contribution < 1.29 is 41.8 Å². The van der Waals surface area contributed by atoms with Crippen molar-refractivity contribution in [2.75, 3.05) is 5.32 Å². The van der Waals surface area contributed by atoms with Gasteiger partial charge in [0.2, 0.25) is 0 Å². The number of carbonyl (C=O) groups excluding carboxylic acids is 1. The van der Waals surface area contributed by atoms with Crippen LogP contribution in [0, 0.1) is 0 Å². The van der Waals surface area contributed by atoms with Gasteiger partial charge >= 0.3 is 28.3 Å². The number of alkyl halides is 3. The smallest absolute Gasteiger partial charge is 0.399 e. The second-order valence-electron chi connectivity index (χ2n) is 4.36. The average molecular weight is 383 g/mol. The molecule has 0 aliphatic carbocycles. The van der Waals surface area contributed by atoms with Crippen molar-refractivity contribution in [2.24, 2.45) is 0 Å². The Morgan fingerprint density at radius 3 is 1.96 bits per heavy atom. The molecule has 1 amide bonds. The number of carbonyl (C=O) groups is 1. The minimum atomic E-state index is -9.89. The van der Waals surface area contributed by atoms with Gasteiger partial charge in [0.25, 0.3) is 5.91 Å². The van der Waals surface area contributed by atoms with Crippen LogP contribution in [0.4, 0.5) is 38.6 Å². The standard InChI is InChI=1S/C10H5F8N3O2S/c11-10(12,13)8-20-21-9(23-8)19-7(22)5-1-3-6(4-2-5)24(14,15,16,17)18/h1-4H,(H,19,21,22). The van der Waals surface area contributed by atoms with E-state index in [1.807, 2.05) is 0 Å². The first-order valence-electron chi connectivity index (χ1n) is 5.62. The molecule has 134 valence electrons. The van der Waals surface area contributed by atoms with Gasteiger partial charge in [0.05, 0.1) is 0 Å². The van der Waals surface area contributed by atoms with Gasteiger partial charge in [0, 0.05) is 5.56 Å². The number of nitrogens with zero attached hydrogens (tertiary/aromatic N) is 2. The lowest BCUT2D eigenvalue weighted by atomic mass is 10.2. The van der Waals surface area contributed by atoms with Crippen molar-refractivity contribution in [1.82, 2.24) is 10.2 Å². The van der Waals surface area contributed by atoms with Crippen LogP contribution in [0.3, 0.4) is 0 Å². The third-order valence-electron chi connectivity index (χ3n) is 2.45. The summed E-state index contributed by atoms with van der Waals surface area (Å²) in [6, 6.07) is -0.173. The molecule has 0 saturated heterocycles. The predicted octanol–water partition coefficient (Wildman–Crippen LogP) is 5.00. The van der Waals surface area contributed by atoms with Gasteiger partial charge in [-0.3, -0.25) is 10.1 Å². The highest BCUT2D eigenvalue weighted by atomic mass is 32.5. The number of hydrogen-bond acceptors (Lipinski definition) is 4. The molecule has 1 heterocycles. The number of amides is 1. The summed E-state index contributed by atoms with van der Waals surface area (Å²) in [7, 11) is -9.89. The molecule has 2 aromatic rings. The summed E-state index contributed by atoms with van der Waals surface area (Å²) in [4.78, 5) is 9.40. The zero-order valence-corrected chi connectivity index (χ0v) is 11.8. The monoisotopic (exact) mass is 383 g/mol. The first-order chi connectivity index (χ1) is 10.6. The van der Waals surface area contributed by atoms with Crippen LogP contribution in [0.2, 0.25) is 0 Å². The SMILES string of the molecule is O=C(Nc1nnc(C(F)(F)F)o1)c1ccc(S(F)(F)(F)(F)F)cc1. The summed E-state index contributed by atoms with van der Waals surface area (Å²) in [5.41, 5.74) is -0.549. The van der Waals surface area contributed by atoms with Crippen LogP contribution in [-0.4, -0.2) is 16.1 Å². The molecule has 0 unspecified atom stereocenters. The van der Waals surface area contributed by atoms with E-state index in [4.69, 9.17) is 0 Å². The molecule has 2 rings (SSSR count). The van der Waals surface area contributed by atoms with Crippen LogP contribution < -0.4 is 5.32 Å². The number of rotatable bonds is 3. The number of halogens is 8. The highest BCUT2D eigenvalue weighted by Crippen LogP contribution is 3.02. The van der Waals surface area contributed by atoms with Crippen molar-refractivity contribution in [1.29, 1.82) is 0 Å². The molecule has 1 aromatic carbocycles. The Morgan fingerprint density at radius 1 is 1.00 bits per heavy atom. The summed E-state index contributed by atoms with van der Waals surface area (Å²) in [5.74, 6) is -2.99. The highest BCUT2D eigenvalue weighted by molar-refractivity contribution is 8.45. The maximum atomic E-state index is 12.5. The molecule has 5 nitrogen and oxygen atoms in total. The van der Waals surface area contributed by atoms with Crippen LogP contribution in [0.5, 0.6) is 0 Å². The number of benzene rings is 1. The fourth-order valence-corrected chi connectivity index (χ4v) is 2.07. The highest BCUT2D eigenvalue weighted by Gasteiger charge is 2.65. The van der Waals surface area contributed by atoms with Crippen LogP contribution in [0.15, 0.2) is 33.6 Å². The van der Waals surface area contributed by atoms with E-state index in [2.05, 4.69) is 14.6 Å². The molecule has 14 heteroatoms. The van der Waals surface area contributed by atoms with Crippen molar-refractivity contribution in [2.45, 2.75) is 11.1 Å². The van der Waals surface area contributed by atoms with E-state index in [0.717, 1.165) is 0 Å². The van der Waals surface area contributed by atoms with E-state index in [1.165, 1.54) is 0 Å². The molecule has 0 spiro atoms. The Morgan fingerprint density at radius 2 is 1.54 bits per heavy atom. The van der Waals surface area contributed by atoms with Gasteiger partial charge in [-0.1, -0.05) is 24.5 Å². The largest absolute Gasteiger partial charge is 0.470 e. The Balaban J connectivity index is 2.19.